The van der Waals surface area contributed by atoms with Gasteiger partial charge >= 0.3 is 0 Å². The highest BCUT2D eigenvalue weighted by Gasteiger charge is 2.15. The molecule has 5 heteroatoms. The maximum atomic E-state index is 10.6. The van der Waals surface area contributed by atoms with Crippen LogP contribution in [-0.2, 0) is 0 Å². The average Bonchev–Trinajstić information content (AvgIpc) is 2.16. The second-order valence-electron chi connectivity index (χ2n) is 3.77. The van der Waals surface area contributed by atoms with E-state index in [1.807, 2.05) is 6.92 Å². The first kappa shape index (κ1) is 12.2. The molecule has 0 aliphatic heterocycles. The lowest BCUT2D eigenvalue weighted by atomic mass is 10.00. The Morgan fingerprint density at radius 2 is 2.31 bits per heavy atom. The van der Waals surface area contributed by atoms with Gasteiger partial charge < -0.3 is 10.8 Å². The van der Waals surface area contributed by atoms with Crippen LogP contribution in [-0.4, -0.2) is 10.0 Å². The van der Waals surface area contributed by atoms with Gasteiger partial charge in [0.1, 0.15) is 5.75 Å². The molecular formula is C11H14N2O3. The Labute approximate surface area is 93.4 Å². The zero-order valence-electron chi connectivity index (χ0n) is 9.01. The van der Waals surface area contributed by atoms with E-state index in [0.29, 0.717) is 12.0 Å². The summed E-state index contributed by atoms with van der Waals surface area (Å²) in [6, 6.07) is 3.35. The van der Waals surface area contributed by atoms with Gasteiger partial charge in [0, 0.05) is 23.7 Å². The molecule has 0 saturated heterocycles. The summed E-state index contributed by atoms with van der Waals surface area (Å²) in [5, 5.41) is 20.1. The number of aromatic hydroxyl groups is 1. The Morgan fingerprint density at radius 3 is 2.81 bits per heavy atom. The van der Waals surface area contributed by atoms with Crippen molar-refractivity contribution in [2.45, 2.75) is 19.4 Å². The van der Waals surface area contributed by atoms with Crippen LogP contribution in [0.3, 0.4) is 0 Å². The molecule has 0 bridgehead atoms. The van der Waals surface area contributed by atoms with E-state index >= 15 is 0 Å². The molecule has 0 saturated carbocycles. The first-order chi connectivity index (χ1) is 7.41. The van der Waals surface area contributed by atoms with E-state index in [2.05, 4.69) is 6.58 Å². The highest BCUT2D eigenvalue weighted by molar-refractivity contribution is 5.44. The van der Waals surface area contributed by atoms with Gasteiger partial charge in [-0.1, -0.05) is 5.57 Å². The minimum Gasteiger partial charge on any atom is -0.508 e. The normalized spacial score (nSPS) is 12.1. The molecule has 0 unspecified atom stereocenters. The number of nitro groups is 1. The van der Waals surface area contributed by atoms with Gasteiger partial charge in [-0.3, -0.25) is 10.1 Å². The molecule has 5 nitrogen and oxygen atoms in total. The fourth-order valence-corrected chi connectivity index (χ4v) is 1.44. The van der Waals surface area contributed by atoms with E-state index in [4.69, 9.17) is 5.73 Å². The van der Waals surface area contributed by atoms with Crippen molar-refractivity contribution in [1.82, 2.24) is 0 Å². The van der Waals surface area contributed by atoms with Crippen LogP contribution < -0.4 is 5.73 Å². The van der Waals surface area contributed by atoms with Crippen LogP contribution in [0.4, 0.5) is 5.69 Å². The molecular weight excluding hydrogens is 208 g/mol. The summed E-state index contributed by atoms with van der Waals surface area (Å²) in [5.74, 6) is -0.0284. The van der Waals surface area contributed by atoms with E-state index < -0.39 is 11.0 Å². The lowest BCUT2D eigenvalue weighted by Crippen LogP contribution is -2.11. The van der Waals surface area contributed by atoms with Crippen molar-refractivity contribution < 1.29 is 10.0 Å². The third kappa shape index (κ3) is 2.80. The predicted octanol–water partition coefficient (Wildman–Crippen LogP) is 2.27. The molecule has 16 heavy (non-hydrogen) atoms. The van der Waals surface area contributed by atoms with Crippen LogP contribution in [0.2, 0.25) is 0 Å². The number of rotatable bonds is 4. The molecule has 0 amide bonds. The summed E-state index contributed by atoms with van der Waals surface area (Å²) in [6.07, 6.45) is 0.481. The van der Waals surface area contributed by atoms with Crippen molar-refractivity contribution in [2.24, 2.45) is 5.73 Å². The maximum absolute atomic E-state index is 10.6. The quantitative estimate of drug-likeness (QED) is 0.464. The number of nitrogens with two attached hydrogens (primary N) is 1. The molecule has 0 spiro atoms. The first-order valence-corrected chi connectivity index (χ1v) is 4.79. The third-order valence-electron chi connectivity index (χ3n) is 2.19. The Balaban J connectivity index is 3.06. The molecule has 0 aliphatic rings. The van der Waals surface area contributed by atoms with Crippen molar-refractivity contribution in [1.29, 1.82) is 0 Å². The molecule has 0 fully saturated rings. The number of benzene rings is 1. The molecule has 0 heterocycles. The predicted molar refractivity (Wildman–Crippen MR) is 61.1 cm³/mol. The summed E-state index contributed by atoms with van der Waals surface area (Å²) < 4.78 is 0. The van der Waals surface area contributed by atoms with Crippen LogP contribution in [0.15, 0.2) is 30.4 Å². The highest BCUT2D eigenvalue weighted by atomic mass is 16.6. The van der Waals surface area contributed by atoms with E-state index in [9.17, 15) is 15.2 Å². The van der Waals surface area contributed by atoms with Gasteiger partial charge in [-0.05, 0) is 19.4 Å². The molecule has 1 aromatic rings. The molecule has 0 aliphatic carbocycles. The summed E-state index contributed by atoms with van der Waals surface area (Å²) >= 11 is 0. The van der Waals surface area contributed by atoms with Crippen LogP contribution >= 0.6 is 0 Å². The third-order valence-corrected chi connectivity index (χ3v) is 2.19. The maximum Gasteiger partial charge on any atom is 0.270 e. The zero-order valence-corrected chi connectivity index (χ0v) is 9.01. The SMILES string of the molecule is C=C(C)C[C@H](N)c1cc([N+](=O)[O-])ccc1O. The first-order valence-electron chi connectivity index (χ1n) is 4.79. The number of hydrogen-bond acceptors (Lipinski definition) is 4. The average molecular weight is 222 g/mol. The monoisotopic (exact) mass is 222 g/mol. The van der Waals surface area contributed by atoms with E-state index in [-0.39, 0.29) is 11.4 Å². The molecule has 0 radical (unpaired) electrons. The highest BCUT2D eigenvalue weighted by Crippen LogP contribution is 2.29. The number of hydrogen-bond donors (Lipinski definition) is 2. The minimum absolute atomic E-state index is 0.0284. The number of phenolic OH excluding ortho intramolecular Hbond substituents is 1. The second-order valence-corrected chi connectivity index (χ2v) is 3.77. The van der Waals surface area contributed by atoms with Crippen molar-refractivity contribution in [3.8, 4) is 5.75 Å². The fourth-order valence-electron chi connectivity index (χ4n) is 1.44. The van der Waals surface area contributed by atoms with Gasteiger partial charge in [-0.2, -0.15) is 0 Å². The van der Waals surface area contributed by atoms with Gasteiger partial charge in [-0.25, -0.2) is 0 Å². The van der Waals surface area contributed by atoms with Gasteiger partial charge in [0.05, 0.1) is 4.92 Å². The lowest BCUT2D eigenvalue weighted by molar-refractivity contribution is -0.385. The summed E-state index contributed by atoms with van der Waals surface area (Å²) in [7, 11) is 0. The molecule has 0 aromatic heterocycles. The minimum atomic E-state index is -0.517. The van der Waals surface area contributed by atoms with E-state index in [0.717, 1.165) is 5.57 Å². The second kappa shape index (κ2) is 4.76. The Kier molecular flexibility index (Phi) is 3.63. The molecule has 1 atom stereocenters. The van der Waals surface area contributed by atoms with Crippen molar-refractivity contribution in [2.75, 3.05) is 0 Å². The molecule has 3 N–H and O–H groups in total. The van der Waals surface area contributed by atoms with Crippen LogP contribution in [0.25, 0.3) is 0 Å². The van der Waals surface area contributed by atoms with Crippen molar-refractivity contribution in [3.63, 3.8) is 0 Å². The van der Waals surface area contributed by atoms with Crippen molar-refractivity contribution in [3.05, 3.63) is 46.0 Å². The van der Waals surface area contributed by atoms with Crippen molar-refractivity contribution >= 4 is 5.69 Å². The number of non-ortho nitro benzene ring substituents is 1. The van der Waals surface area contributed by atoms with Gasteiger partial charge in [0.25, 0.3) is 5.69 Å². The lowest BCUT2D eigenvalue weighted by Gasteiger charge is -2.13. The Morgan fingerprint density at radius 1 is 1.69 bits per heavy atom. The van der Waals surface area contributed by atoms with Gasteiger partial charge in [0.2, 0.25) is 0 Å². The van der Waals surface area contributed by atoms with E-state index in [1.54, 1.807) is 0 Å². The Bertz CT molecular complexity index is 429. The number of nitrogens with zero attached hydrogens (tertiary/aromatic N) is 1. The van der Waals surface area contributed by atoms with Crippen LogP contribution in [0.5, 0.6) is 5.75 Å². The summed E-state index contributed by atoms with van der Waals surface area (Å²) in [4.78, 5) is 10.1. The van der Waals surface area contributed by atoms with Crippen LogP contribution in [0.1, 0.15) is 24.9 Å². The topological polar surface area (TPSA) is 89.4 Å². The molecule has 1 rings (SSSR count). The summed E-state index contributed by atoms with van der Waals surface area (Å²) in [6.45, 7) is 5.53. The fraction of sp³-hybridized carbons (Fsp3) is 0.273. The summed E-state index contributed by atoms with van der Waals surface area (Å²) in [5.41, 5.74) is 6.98. The van der Waals surface area contributed by atoms with E-state index in [1.165, 1.54) is 18.2 Å². The zero-order chi connectivity index (χ0) is 12.3. The van der Waals surface area contributed by atoms with Gasteiger partial charge in [-0.15, -0.1) is 6.58 Å². The Hall–Kier alpha value is -1.88. The smallest absolute Gasteiger partial charge is 0.270 e. The van der Waals surface area contributed by atoms with Crippen LogP contribution in [0, 0.1) is 10.1 Å². The number of nitro benzene ring substituents is 1. The number of phenols is 1. The molecule has 1 aromatic carbocycles. The van der Waals surface area contributed by atoms with Gasteiger partial charge in [0.15, 0.2) is 0 Å². The largest absolute Gasteiger partial charge is 0.508 e. The molecule has 86 valence electrons. The standard InChI is InChI=1S/C11H14N2O3/c1-7(2)5-10(12)9-6-8(13(15)16)3-4-11(9)14/h3-4,6,10,14H,1,5,12H2,2H3/t10-/m0/s1.